The number of nitrogens with zero attached hydrogens (tertiary/aromatic N) is 4. The summed E-state index contributed by atoms with van der Waals surface area (Å²) in [4.78, 5) is 11.5. The summed E-state index contributed by atoms with van der Waals surface area (Å²) < 4.78 is 7.88. The van der Waals surface area contributed by atoms with E-state index in [0.29, 0.717) is 11.7 Å². The number of thiocarbonyl (C=S) groups is 1. The highest BCUT2D eigenvalue weighted by Crippen LogP contribution is 2.43. The molecule has 0 radical (unpaired) electrons. The number of ether oxygens (including phenoxy) is 1. The molecule has 1 aliphatic heterocycles. The molecule has 0 unspecified atom stereocenters. The third-order valence-corrected chi connectivity index (χ3v) is 6.76. The minimum atomic E-state index is -0.102. The fourth-order valence-electron chi connectivity index (χ4n) is 4.90. The molecule has 2 atom stereocenters. The predicted octanol–water partition coefficient (Wildman–Crippen LogP) is 5.77. The van der Waals surface area contributed by atoms with Gasteiger partial charge < -0.3 is 19.5 Å². The lowest BCUT2D eigenvalue weighted by molar-refractivity contribution is 0.340. The Morgan fingerprint density at radius 1 is 0.971 bits per heavy atom. The van der Waals surface area contributed by atoms with Crippen LogP contribution in [0.2, 0.25) is 0 Å². The van der Waals surface area contributed by atoms with Crippen LogP contribution in [0.3, 0.4) is 0 Å². The first kappa shape index (κ1) is 23.1. The molecule has 178 valence electrons. The fraction of sp³-hybridized carbons (Fsp3) is 0.250. The van der Waals surface area contributed by atoms with Gasteiger partial charge in [-0.25, -0.2) is 4.98 Å². The summed E-state index contributed by atoms with van der Waals surface area (Å²) in [6.07, 6.45) is 3.69. The Bertz CT molecular complexity index is 1350. The Balaban J connectivity index is 1.64. The second kappa shape index (κ2) is 9.50. The summed E-state index contributed by atoms with van der Waals surface area (Å²) in [5, 5.41) is 4.22. The van der Waals surface area contributed by atoms with Gasteiger partial charge in [0, 0.05) is 29.5 Å². The van der Waals surface area contributed by atoms with Crippen molar-refractivity contribution in [3.8, 4) is 11.6 Å². The number of hydrogen-bond acceptors (Lipinski definition) is 4. The summed E-state index contributed by atoms with van der Waals surface area (Å²) in [5.41, 5.74) is 6.58. The lowest BCUT2D eigenvalue weighted by atomic mass is 9.96. The van der Waals surface area contributed by atoms with Crippen LogP contribution in [-0.2, 0) is 0 Å². The first-order valence-electron chi connectivity index (χ1n) is 11.8. The van der Waals surface area contributed by atoms with Crippen molar-refractivity contribution in [3.05, 3.63) is 101 Å². The van der Waals surface area contributed by atoms with E-state index >= 15 is 0 Å². The molecule has 6 nitrogen and oxygen atoms in total. The molecule has 3 aromatic heterocycles. The zero-order chi connectivity index (χ0) is 24.5. The van der Waals surface area contributed by atoms with Crippen LogP contribution >= 0.6 is 12.2 Å². The zero-order valence-electron chi connectivity index (χ0n) is 20.4. The maximum atomic E-state index is 5.89. The fourth-order valence-corrected chi connectivity index (χ4v) is 5.25. The van der Waals surface area contributed by atoms with Crippen LogP contribution in [-0.4, -0.2) is 26.3 Å². The van der Waals surface area contributed by atoms with Crippen LogP contribution in [0.4, 0.5) is 5.69 Å². The zero-order valence-corrected chi connectivity index (χ0v) is 21.2. The van der Waals surface area contributed by atoms with E-state index in [4.69, 9.17) is 17.0 Å². The number of rotatable bonds is 6. The number of pyridine rings is 2. The molecule has 1 aliphatic rings. The van der Waals surface area contributed by atoms with Gasteiger partial charge in [0.15, 0.2) is 5.11 Å². The SMILES string of the molecule is CCOc1ccc(N2C(=S)N[C@H](c3ccccn3)[C@@H]2c2cc(C)n(-c3cc(C)ccn3)c2C)cc1. The molecule has 0 saturated carbocycles. The summed E-state index contributed by atoms with van der Waals surface area (Å²) in [5.74, 6) is 1.76. The van der Waals surface area contributed by atoms with E-state index in [0.717, 1.165) is 34.3 Å². The van der Waals surface area contributed by atoms with Gasteiger partial charge >= 0.3 is 0 Å². The topological polar surface area (TPSA) is 55.2 Å². The molecular formula is C28H29N5OS. The molecule has 1 aromatic carbocycles. The van der Waals surface area contributed by atoms with E-state index in [1.807, 2.05) is 49.6 Å². The normalized spacial score (nSPS) is 17.5. The van der Waals surface area contributed by atoms with Gasteiger partial charge in [-0.15, -0.1) is 0 Å². The van der Waals surface area contributed by atoms with Gasteiger partial charge in [-0.1, -0.05) is 6.07 Å². The quantitative estimate of drug-likeness (QED) is 0.352. The van der Waals surface area contributed by atoms with Crippen LogP contribution in [0.5, 0.6) is 5.75 Å². The molecule has 1 saturated heterocycles. The molecular weight excluding hydrogens is 454 g/mol. The van der Waals surface area contributed by atoms with Crippen LogP contribution < -0.4 is 15.0 Å². The first-order chi connectivity index (χ1) is 17.0. The number of aryl methyl sites for hydroxylation is 2. The van der Waals surface area contributed by atoms with E-state index in [2.05, 4.69) is 75.9 Å². The van der Waals surface area contributed by atoms with Gasteiger partial charge in [-0.2, -0.15) is 0 Å². The summed E-state index contributed by atoms with van der Waals surface area (Å²) in [6, 6.07) is 20.3. The highest BCUT2D eigenvalue weighted by atomic mass is 32.1. The highest BCUT2D eigenvalue weighted by Gasteiger charge is 2.42. The minimum Gasteiger partial charge on any atom is -0.494 e. The Kier molecular flexibility index (Phi) is 6.26. The Hall–Kier alpha value is -3.71. The molecule has 0 aliphatic carbocycles. The maximum absolute atomic E-state index is 5.89. The van der Waals surface area contributed by atoms with E-state index < -0.39 is 0 Å². The van der Waals surface area contributed by atoms with Gasteiger partial charge in [0.25, 0.3) is 0 Å². The van der Waals surface area contributed by atoms with Gasteiger partial charge in [0.1, 0.15) is 11.6 Å². The lowest BCUT2D eigenvalue weighted by Gasteiger charge is -2.28. The molecule has 1 fully saturated rings. The van der Waals surface area contributed by atoms with Crippen LogP contribution in [0.25, 0.3) is 5.82 Å². The van der Waals surface area contributed by atoms with Crippen molar-refractivity contribution >= 4 is 23.0 Å². The lowest BCUT2D eigenvalue weighted by Crippen LogP contribution is -2.29. The first-order valence-corrected chi connectivity index (χ1v) is 12.2. The average molecular weight is 484 g/mol. The minimum absolute atomic E-state index is 0.0832. The molecule has 0 bridgehead atoms. The summed E-state index contributed by atoms with van der Waals surface area (Å²) in [7, 11) is 0. The Morgan fingerprint density at radius 3 is 2.46 bits per heavy atom. The second-order valence-electron chi connectivity index (χ2n) is 8.78. The molecule has 1 N–H and O–H groups in total. The Morgan fingerprint density at radius 2 is 1.77 bits per heavy atom. The van der Waals surface area contributed by atoms with Gasteiger partial charge in [0.05, 0.1) is 24.4 Å². The van der Waals surface area contributed by atoms with Crippen LogP contribution in [0.15, 0.2) is 73.1 Å². The van der Waals surface area contributed by atoms with Crippen molar-refractivity contribution in [1.29, 1.82) is 0 Å². The molecule has 4 aromatic rings. The molecule has 4 heterocycles. The Labute approximate surface area is 211 Å². The number of anilines is 1. The highest BCUT2D eigenvalue weighted by molar-refractivity contribution is 7.80. The largest absolute Gasteiger partial charge is 0.494 e. The molecule has 0 spiro atoms. The monoisotopic (exact) mass is 483 g/mol. The van der Waals surface area contributed by atoms with Crippen molar-refractivity contribution in [2.75, 3.05) is 11.5 Å². The summed E-state index contributed by atoms with van der Waals surface area (Å²) >= 11 is 5.89. The molecule has 35 heavy (non-hydrogen) atoms. The van der Waals surface area contributed by atoms with Crippen LogP contribution in [0, 0.1) is 20.8 Å². The number of nitrogens with one attached hydrogen (secondary N) is 1. The molecule has 5 rings (SSSR count). The van der Waals surface area contributed by atoms with Crippen LogP contribution in [0.1, 0.15) is 47.2 Å². The third kappa shape index (κ3) is 4.28. The number of aromatic nitrogens is 3. The van der Waals surface area contributed by atoms with Crippen molar-refractivity contribution in [2.24, 2.45) is 0 Å². The van der Waals surface area contributed by atoms with E-state index in [1.54, 1.807) is 0 Å². The van der Waals surface area contributed by atoms with E-state index in [1.165, 1.54) is 11.1 Å². The molecule has 0 amide bonds. The standard InChI is InChI=1S/C28H29N5OS/c1-5-34-22-11-9-21(10-12-22)33-27(26(31-28(33)35)24-8-6-7-14-29-24)23-17-19(3)32(20(23)4)25-16-18(2)13-15-30-25/h6-17,26-27H,5H2,1-4H3,(H,31,35)/t26-,27+/m1/s1. The van der Waals surface area contributed by atoms with Gasteiger partial charge in [-0.05, 0) is 106 Å². The summed E-state index contributed by atoms with van der Waals surface area (Å²) in [6.45, 7) is 8.98. The smallest absolute Gasteiger partial charge is 0.174 e. The molecule has 7 heteroatoms. The van der Waals surface area contributed by atoms with Gasteiger partial charge in [-0.3, -0.25) is 4.98 Å². The number of hydrogen-bond donors (Lipinski definition) is 1. The van der Waals surface area contributed by atoms with Crippen molar-refractivity contribution in [3.63, 3.8) is 0 Å². The maximum Gasteiger partial charge on any atom is 0.174 e. The van der Waals surface area contributed by atoms with E-state index in [9.17, 15) is 0 Å². The second-order valence-corrected chi connectivity index (χ2v) is 9.16. The number of benzene rings is 1. The average Bonchev–Trinajstić information content (AvgIpc) is 3.35. The van der Waals surface area contributed by atoms with E-state index in [-0.39, 0.29) is 12.1 Å². The van der Waals surface area contributed by atoms with Crippen molar-refractivity contribution in [1.82, 2.24) is 19.9 Å². The third-order valence-electron chi connectivity index (χ3n) is 6.44. The van der Waals surface area contributed by atoms with Crippen molar-refractivity contribution < 1.29 is 4.74 Å². The van der Waals surface area contributed by atoms with Crippen molar-refractivity contribution in [2.45, 2.75) is 39.8 Å². The predicted molar refractivity (Wildman–Crippen MR) is 143 cm³/mol. The van der Waals surface area contributed by atoms with Gasteiger partial charge in [0.2, 0.25) is 0 Å².